The third kappa shape index (κ3) is 2.21. The summed E-state index contributed by atoms with van der Waals surface area (Å²) in [5.41, 5.74) is 6.58. The number of nitrogens with two attached hydrogens (primary N) is 1. The molecule has 1 rings (SSSR count). The number of nitriles is 2. The lowest BCUT2D eigenvalue weighted by atomic mass is 10.2. The first-order valence-electron chi connectivity index (χ1n) is 4.86. The molecule has 0 aliphatic rings. The smallest absolute Gasteiger partial charge is 0.153 e. The van der Waals surface area contributed by atoms with Crippen LogP contribution in [-0.2, 0) is 0 Å². The van der Waals surface area contributed by atoms with Gasteiger partial charge in [-0.25, -0.2) is 4.98 Å². The highest BCUT2D eigenvalue weighted by Crippen LogP contribution is 2.24. The minimum atomic E-state index is 0.00810. The van der Waals surface area contributed by atoms with E-state index in [9.17, 15) is 0 Å². The molecule has 1 aromatic rings. The van der Waals surface area contributed by atoms with Gasteiger partial charge in [-0.2, -0.15) is 10.5 Å². The van der Waals surface area contributed by atoms with E-state index in [-0.39, 0.29) is 6.04 Å². The standard InChI is InChI=1S/C11H13N5/c1-8(3-5-12)16(2)11-10(14)9(7-13)4-6-15-11/h4,6,8H,3,14H2,1-2H3. The number of hydrogen-bond acceptors (Lipinski definition) is 5. The van der Waals surface area contributed by atoms with Crippen molar-refractivity contribution in [1.29, 1.82) is 10.5 Å². The minimum Gasteiger partial charge on any atom is -0.395 e. The number of nitrogens with zero attached hydrogens (tertiary/aromatic N) is 4. The summed E-state index contributed by atoms with van der Waals surface area (Å²) in [6, 6.07) is 5.67. The number of pyridine rings is 1. The fourth-order valence-corrected chi connectivity index (χ4v) is 1.32. The SMILES string of the molecule is CC(CC#N)N(C)c1nccc(C#N)c1N. The second-order valence-corrected chi connectivity index (χ2v) is 3.53. The number of aromatic nitrogens is 1. The third-order valence-electron chi connectivity index (χ3n) is 2.47. The number of rotatable bonds is 3. The van der Waals surface area contributed by atoms with Crippen LogP contribution < -0.4 is 10.6 Å². The van der Waals surface area contributed by atoms with E-state index in [2.05, 4.69) is 11.1 Å². The molecule has 16 heavy (non-hydrogen) atoms. The van der Waals surface area contributed by atoms with Crippen LogP contribution in [0.25, 0.3) is 0 Å². The molecule has 0 aliphatic heterocycles. The topological polar surface area (TPSA) is 89.7 Å². The van der Waals surface area contributed by atoms with Gasteiger partial charge >= 0.3 is 0 Å². The lowest BCUT2D eigenvalue weighted by Gasteiger charge is -2.25. The first-order valence-corrected chi connectivity index (χ1v) is 4.86. The lowest BCUT2D eigenvalue weighted by Crippen LogP contribution is -2.30. The molecule has 0 bridgehead atoms. The van der Waals surface area contributed by atoms with Crippen molar-refractivity contribution in [1.82, 2.24) is 4.98 Å². The molecule has 1 atom stereocenters. The third-order valence-corrected chi connectivity index (χ3v) is 2.47. The summed E-state index contributed by atoms with van der Waals surface area (Å²) in [5, 5.41) is 17.5. The number of hydrogen-bond donors (Lipinski definition) is 1. The van der Waals surface area contributed by atoms with Crippen molar-refractivity contribution in [3.05, 3.63) is 17.8 Å². The Hall–Kier alpha value is -2.27. The van der Waals surface area contributed by atoms with Crippen LogP contribution in [0.5, 0.6) is 0 Å². The van der Waals surface area contributed by atoms with Gasteiger partial charge in [0.1, 0.15) is 6.07 Å². The molecule has 1 heterocycles. The molecule has 0 saturated heterocycles. The molecule has 2 N–H and O–H groups in total. The molecule has 0 aromatic carbocycles. The predicted molar refractivity (Wildman–Crippen MR) is 61.5 cm³/mol. The first kappa shape index (κ1) is 11.8. The Kier molecular flexibility index (Phi) is 3.68. The van der Waals surface area contributed by atoms with Crippen molar-refractivity contribution in [2.24, 2.45) is 0 Å². The van der Waals surface area contributed by atoms with E-state index < -0.39 is 0 Å². The van der Waals surface area contributed by atoms with Gasteiger partial charge in [-0.1, -0.05) is 0 Å². The van der Waals surface area contributed by atoms with Crippen molar-refractivity contribution >= 4 is 11.5 Å². The van der Waals surface area contributed by atoms with E-state index >= 15 is 0 Å². The molecule has 0 amide bonds. The normalized spacial score (nSPS) is 11.2. The largest absolute Gasteiger partial charge is 0.395 e. The van der Waals surface area contributed by atoms with Crippen molar-refractivity contribution < 1.29 is 0 Å². The molecular weight excluding hydrogens is 202 g/mol. The lowest BCUT2D eigenvalue weighted by molar-refractivity contribution is 0.695. The quantitative estimate of drug-likeness (QED) is 0.820. The summed E-state index contributed by atoms with van der Waals surface area (Å²) in [5.74, 6) is 0.543. The Balaban J connectivity index is 3.06. The van der Waals surface area contributed by atoms with Crippen LogP contribution >= 0.6 is 0 Å². The van der Waals surface area contributed by atoms with E-state index in [1.54, 1.807) is 17.2 Å². The van der Waals surface area contributed by atoms with Gasteiger partial charge in [0.2, 0.25) is 0 Å². The number of nitrogen functional groups attached to an aromatic ring is 1. The van der Waals surface area contributed by atoms with Crippen LogP contribution in [0.2, 0.25) is 0 Å². The maximum absolute atomic E-state index is 8.84. The molecule has 82 valence electrons. The zero-order valence-corrected chi connectivity index (χ0v) is 9.31. The molecule has 1 unspecified atom stereocenters. The van der Waals surface area contributed by atoms with Gasteiger partial charge in [0.25, 0.3) is 0 Å². The fourth-order valence-electron chi connectivity index (χ4n) is 1.32. The first-order chi connectivity index (χ1) is 7.61. The van der Waals surface area contributed by atoms with E-state index in [4.69, 9.17) is 16.3 Å². The van der Waals surface area contributed by atoms with Crippen LogP contribution in [0.4, 0.5) is 11.5 Å². The predicted octanol–water partition coefficient (Wildman–Crippen LogP) is 1.27. The zero-order chi connectivity index (χ0) is 12.1. The second kappa shape index (κ2) is 4.99. The zero-order valence-electron chi connectivity index (χ0n) is 9.31. The molecule has 0 aliphatic carbocycles. The fraction of sp³-hybridized carbons (Fsp3) is 0.364. The Morgan fingerprint density at radius 3 is 2.81 bits per heavy atom. The van der Waals surface area contributed by atoms with Gasteiger partial charge in [-0.05, 0) is 13.0 Å². The van der Waals surface area contributed by atoms with E-state index in [1.165, 1.54) is 0 Å². The summed E-state index contributed by atoms with van der Waals surface area (Å²) in [6.07, 6.45) is 1.92. The van der Waals surface area contributed by atoms with Crippen LogP contribution in [0.3, 0.4) is 0 Å². The molecule has 5 nitrogen and oxygen atoms in total. The van der Waals surface area contributed by atoms with Crippen molar-refractivity contribution in [2.75, 3.05) is 17.7 Å². The average molecular weight is 215 g/mol. The highest BCUT2D eigenvalue weighted by atomic mass is 15.2. The second-order valence-electron chi connectivity index (χ2n) is 3.53. The van der Waals surface area contributed by atoms with Gasteiger partial charge in [0, 0.05) is 19.3 Å². The van der Waals surface area contributed by atoms with Gasteiger partial charge in [0.15, 0.2) is 5.82 Å². The highest BCUT2D eigenvalue weighted by molar-refractivity contribution is 5.70. The molecule has 0 fully saturated rings. The molecular formula is C11H13N5. The average Bonchev–Trinajstić information content (AvgIpc) is 2.29. The van der Waals surface area contributed by atoms with E-state index in [0.29, 0.717) is 23.5 Å². The monoisotopic (exact) mass is 215 g/mol. The van der Waals surface area contributed by atoms with Gasteiger partial charge in [-0.3, -0.25) is 0 Å². The summed E-state index contributed by atoms with van der Waals surface area (Å²) < 4.78 is 0. The van der Waals surface area contributed by atoms with Gasteiger partial charge in [-0.15, -0.1) is 0 Å². The van der Waals surface area contributed by atoms with Gasteiger partial charge < -0.3 is 10.6 Å². The summed E-state index contributed by atoms with van der Waals surface area (Å²) >= 11 is 0. The Bertz CT molecular complexity index is 454. The van der Waals surface area contributed by atoms with Crippen LogP contribution in [0.15, 0.2) is 12.3 Å². The molecule has 0 spiro atoms. The van der Waals surface area contributed by atoms with Crippen LogP contribution in [0.1, 0.15) is 18.9 Å². The summed E-state index contributed by atoms with van der Waals surface area (Å²) in [4.78, 5) is 5.94. The molecule has 5 heteroatoms. The maximum atomic E-state index is 8.84. The molecule has 0 saturated carbocycles. The van der Waals surface area contributed by atoms with E-state index in [1.807, 2.05) is 20.0 Å². The van der Waals surface area contributed by atoms with Crippen molar-refractivity contribution in [2.45, 2.75) is 19.4 Å². The van der Waals surface area contributed by atoms with Crippen molar-refractivity contribution in [3.63, 3.8) is 0 Å². The maximum Gasteiger partial charge on any atom is 0.153 e. The summed E-state index contributed by atoms with van der Waals surface area (Å²) in [6.45, 7) is 1.91. The van der Waals surface area contributed by atoms with E-state index in [0.717, 1.165) is 0 Å². The van der Waals surface area contributed by atoms with Crippen molar-refractivity contribution in [3.8, 4) is 12.1 Å². The molecule has 0 radical (unpaired) electrons. The van der Waals surface area contributed by atoms with Gasteiger partial charge in [0.05, 0.1) is 23.7 Å². The molecule has 1 aromatic heterocycles. The Morgan fingerprint density at radius 2 is 2.25 bits per heavy atom. The summed E-state index contributed by atoms with van der Waals surface area (Å²) in [7, 11) is 1.81. The minimum absolute atomic E-state index is 0.00810. The number of anilines is 2. The van der Waals surface area contributed by atoms with Crippen LogP contribution in [0, 0.1) is 22.7 Å². The Morgan fingerprint density at radius 1 is 1.56 bits per heavy atom. The highest BCUT2D eigenvalue weighted by Gasteiger charge is 2.15. The van der Waals surface area contributed by atoms with Crippen LogP contribution in [-0.4, -0.2) is 18.1 Å². The Labute approximate surface area is 94.7 Å².